The summed E-state index contributed by atoms with van der Waals surface area (Å²) in [6.45, 7) is 19.2. The maximum Gasteiger partial charge on any atom is 0.407 e. The van der Waals surface area contributed by atoms with Crippen molar-refractivity contribution in [1.82, 2.24) is 5.32 Å². The SMILES string of the molecule is C#Cc1cc(C#Cc2ccc(C#Cc3cc(C#Cc4ccc(C#Cc5cc(C#C)cc(C(C)(C)C)c5)cc4)cc(OCCCNC(=O)OC(C)(C)C)c3)cc2)cc(C(C)(C)C)c1. The van der Waals surface area contributed by atoms with Crippen LogP contribution < -0.4 is 10.1 Å². The third-order valence-electron chi connectivity index (χ3n) is 9.27. The van der Waals surface area contributed by atoms with Crippen molar-refractivity contribution >= 4 is 6.09 Å². The minimum atomic E-state index is -0.564. The van der Waals surface area contributed by atoms with Gasteiger partial charge in [0.1, 0.15) is 11.4 Å². The Labute approximate surface area is 370 Å². The van der Waals surface area contributed by atoms with E-state index >= 15 is 0 Å². The fraction of sp³-hybridized carbons (Fsp3) is 0.259. The zero-order valence-electron chi connectivity index (χ0n) is 37.3. The van der Waals surface area contributed by atoms with Crippen molar-refractivity contribution in [3.8, 4) is 77.8 Å². The number of rotatable bonds is 5. The Morgan fingerprint density at radius 3 is 1.15 bits per heavy atom. The van der Waals surface area contributed by atoms with E-state index in [1.165, 1.54) is 0 Å². The smallest absolute Gasteiger partial charge is 0.407 e. The highest BCUT2D eigenvalue weighted by Crippen LogP contribution is 2.26. The van der Waals surface area contributed by atoms with Crippen LogP contribution in [0, 0.1) is 72.1 Å². The lowest BCUT2D eigenvalue weighted by Gasteiger charge is -2.19. The van der Waals surface area contributed by atoms with Crippen molar-refractivity contribution < 1.29 is 14.3 Å². The summed E-state index contributed by atoms with van der Waals surface area (Å²) in [7, 11) is 0. The molecule has 0 saturated heterocycles. The molecule has 5 aromatic rings. The Bertz CT molecular complexity index is 2600. The molecule has 0 saturated carbocycles. The summed E-state index contributed by atoms with van der Waals surface area (Å²) >= 11 is 0. The minimum Gasteiger partial charge on any atom is -0.493 e. The van der Waals surface area contributed by atoms with Gasteiger partial charge in [0.2, 0.25) is 0 Å². The van der Waals surface area contributed by atoms with E-state index in [1.807, 2.05) is 112 Å². The topological polar surface area (TPSA) is 47.6 Å². The summed E-state index contributed by atoms with van der Waals surface area (Å²) in [5.41, 5.74) is 9.99. The predicted molar refractivity (Wildman–Crippen MR) is 254 cm³/mol. The molecule has 0 spiro atoms. The van der Waals surface area contributed by atoms with Gasteiger partial charge in [-0.15, -0.1) is 12.8 Å². The van der Waals surface area contributed by atoms with E-state index in [9.17, 15) is 4.79 Å². The average Bonchev–Trinajstić information content (AvgIpc) is 3.22. The monoisotopic (exact) mass is 811 g/mol. The molecule has 4 heteroatoms. The Kier molecular flexibility index (Phi) is 14.9. The second-order valence-corrected chi connectivity index (χ2v) is 17.9. The molecule has 1 N–H and O–H groups in total. The summed E-state index contributed by atoms with van der Waals surface area (Å²) in [6.07, 6.45) is 11.6. The molecule has 0 bridgehead atoms. The number of carbonyl (C=O) groups excluding carboxylic acids is 1. The van der Waals surface area contributed by atoms with Crippen molar-refractivity contribution in [2.24, 2.45) is 0 Å². The standard InChI is InChI=1S/C58H53NO3/c1-12-42-33-48(38-52(36-42)56(3,4)5)27-23-44-15-19-46(20-16-44)25-29-50-35-51(41-54(40-50)61-32-14-31-59-55(60)62-58(9,10)11)30-26-47-21-17-45(18-22-47)24-28-49-34-43(13-2)37-53(39-49)57(6,7)8/h1-2,15-22,33-41H,14,31-32H2,3-11H3,(H,59,60). The molecule has 308 valence electrons. The fourth-order valence-electron chi connectivity index (χ4n) is 5.88. The van der Waals surface area contributed by atoms with Crippen molar-refractivity contribution in [2.75, 3.05) is 13.2 Å². The van der Waals surface area contributed by atoms with Crippen molar-refractivity contribution in [3.63, 3.8) is 0 Å². The van der Waals surface area contributed by atoms with Crippen molar-refractivity contribution in [2.45, 2.75) is 85.2 Å². The van der Waals surface area contributed by atoms with Gasteiger partial charge in [0.15, 0.2) is 0 Å². The molecule has 0 atom stereocenters. The van der Waals surface area contributed by atoms with E-state index in [0.29, 0.717) is 25.3 Å². The number of amides is 1. The molecule has 0 fully saturated rings. The highest BCUT2D eigenvalue weighted by atomic mass is 16.6. The quantitative estimate of drug-likeness (QED) is 0.142. The average molecular weight is 812 g/mol. The van der Waals surface area contributed by atoms with Crippen LogP contribution in [0.2, 0.25) is 0 Å². The number of hydrogen-bond donors (Lipinski definition) is 1. The number of terminal acetylenes is 2. The second kappa shape index (κ2) is 20.2. The van der Waals surface area contributed by atoms with Crippen LogP contribution in [0.15, 0.2) is 103 Å². The Morgan fingerprint density at radius 2 is 0.806 bits per heavy atom. The number of alkyl carbamates (subject to hydrolysis) is 1. The molecule has 62 heavy (non-hydrogen) atoms. The Hall–Kier alpha value is -7.47. The number of nitrogens with one attached hydrogen (secondary N) is 1. The van der Waals surface area contributed by atoms with Gasteiger partial charge >= 0.3 is 6.09 Å². The first-order chi connectivity index (χ1) is 29.3. The summed E-state index contributed by atoms with van der Waals surface area (Å²) in [5, 5.41) is 2.77. The van der Waals surface area contributed by atoms with Gasteiger partial charge in [-0.05, 0) is 152 Å². The van der Waals surface area contributed by atoms with Crippen LogP contribution in [-0.2, 0) is 15.6 Å². The number of ether oxygens (including phenoxy) is 2. The molecule has 1 amide bonds. The molecule has 0 aromatic heterocycles. The molecule has 5 aromatic carbocycles. The summed E-state index contributed by atoms with van der Waals surface area (Å²) in [5.74, 6) is 32.3. The van der Waals surface area contributed by atoms with Crippen LogP contribution in [0.4, 0.5) is 4.79 Å². The molecular weight excluding hydrogens is 759 g/mol. The molecule has 0 aliphatic carbocycles. The normalized spacial score (nSPS) is 10.7. The van der Waals surface area contributed by atoms with Gasteiger partial charge in [0.05, 0.1) is 6.61 Å². The predicted octanol–water partition coefficient (Wildman–Crippen LogP) is 11.1. The number of benzene rings is 5. The highest BCUT2D eigenvalue weighted by molar-refractivity contribution is 5.67. The van der Waals surface area contributed by atoms with E-state index < -0.39 is 11.7 Å². The summed E-state index contributed by atoms with van der Waals surface area (Å²) in [4.78, 5) is 12.1. The number of hydrogen-bond acceptors (Lipinski definition) is 3. The van der Waals surface area contributed by atoms with Gasteiger partial charge < -0.3 is 14.8 Å². The second-order valence-electron chi connectivity index (χ2n) is 17.9. The van der Waals surface area contributed by atoms with E-state index in [4.69, 9.17) is 22.3 Å². The lowest BCUT2D eigenvalue weighted by molar-refractivity contribution is 0.0525. The van der Waals surface area contributed by atoms with Gasteiger partial charge in [-0.3, -0.25) is 0 Å². The van der Waals surface area contributed by atoms with Crippen molar-refractivity contribution in [1.29, 1.82) is 0 Å². The van der Waals surface area contributed by atoms with E-state index in [-0.39, 0.29) is 10.8 Å². The molecule has 0 heterocycles. The lowest BCUT2D eigenvalue weighted by atomic mass is 9.85. The molecule has 0 aliphatic rings. The Balaban J connectivity index is 1.34. The zero-order chi connectivity index (χ0) is 44.9. The minimum absolute atomic E-state index is 0.0403. The summed E-state index contributed by atoms with van der Waals surface area (Å²) in [6, 6.07) is 33.6. The molecule has 4 nitrogen and oxygen atoms in total. The van der Waals surface area contributed by atoms with Gasteiger partial charge in [-0.2, -0.15) is 0 Å². The lowest BCUT2D eigenvalue weighted by Crippen LogP contribution is -2.33. The molecule has 0 radical (unpaired) electrons. The molecule has 0 unspecified atom stereocenters. The number of carbonyl (C=O) groups is 1. The van der Waals surface area contributed by atoms with Crippen LogP contribution in [0.3, 0.4) is 0 Å². The van der Waals surface area contributed by atoms with Crippen LogP contribution in [0.5, 0.6) is 5.75 Å². The van der Waals surface area contributed by atoms with Gasteiger partial charge in [0, 0.05) is 62.2 Å². The highest BCUT2D eigenvalue weighted by Gasteiger charge is 2.17. The third-order valence-corrected chi connectivity index (χ3v) is 9.27. The van der Waals surface area contributed by atoms with Crippen LogP contribution >= 0.6 is 0 Å². The third kappa shape index (κ3) is 14.7. The van der Waals surface area contributed by atoms with Gasteiger partial charge in [-0.1, -0.05) is 101 Å². The van der Waals surface area contributed by atoms with Crippen LogP contribution in [-0.4, -0.2) is 24.8 Å². The first-order valence-electron chi connectivity index (χ1n) is 20.6. The fourth-order valence-corrected chi connectivity index (χ4v) is 5.88. The maximum atomic E-state index is 12.1. The maximum absolute atomic E-state index is 12.1. The largest absolute Gasteiger partial charge is 0.493 e. The Morgan fingerprint density at radius 1 is 0.484 bits per heavy atom. The summed E-state index contributed by atoms with van der Waals surface area (Å²) < 4.78 is 11.5. The first kappa shape index (κ1) is 45.6. The zero-order valence-corrected chi connectivity index (χ0v) is 37.3. The first-order valence-corrected chi connectivity index (χ1v) is 20.6. The van der Waals surface area contributed by atoms with E-state index in [0.717, 1.165) is 66.8 Å². The van der Waals surface area contributed by atoms with Crippen molar-refractivity contribution in [3.05, 3.63) is 170 Å². The molecule has 5 rings (SSSR count). The van der Waals surface area contributed by atoms with E-state index in [2.05, 4.69) is 118 Å². The van der Waals surface area contributed by atoms with E-state index in [1.54, 1.807) is 0 Å². The molecular formula is C58H53NO3. The molecule has 0 aliphatic heterocycles. The van der Waals surface area contributed by atoms with Gasteiger partial charge in [0.25, 0.3) is 0 Å². The van der Waals surface area contributed by atoms with Crippen LogP contribution in [0.25, 0.3) is 0 Å². The van der Waals surface area contributed by atoms with Crippen LogP contribution in [0.1, 0.15) is 135 Å². The van der Waals surface area contributed by atoms with Gasteiger partial charge in [-0.25, -0.2) is 4.79 Å².